The lowest BCUT2D eigenvalue weighted by atomic mass is 10.1. The Labute approximate surface area is 148 Å². The smallest absolute Gasteiger partial charge is 0.410 e. The van der Waals surface area contributed by atoms with Crippen LogP contribution < -0.4 is 10.5 Å². The van der Waals surface area contributed by atoms with Gasteiger partial charge in [-0.25, -0.2) is 4.79 Å². The van der Waals surface area contributed by atoms with Crippen molar-refractivity contribution in [1.29, 1.82) is 0 Å². The molecule has 5 heteroatoms. The number of benzene rings is 2. The molecule has 0 aromatic heterocycles. The summed E-state index contributed by atoms with van der Waals surface area (Å²) in [6.45, 7) is 3.44. The molecule has 1 aliphatic heterocycles. The van der Waals surface area contributed by atoms with Crippen LogP contribution in [0.1, 0.15) is 30.5 Å². The first kappa shape index (κ1) is 17.3. The number of hydrogen-bond donors (Lipinski definition) is 1. The van der Waals surface area contributed by atoms with Gasteiger partial charge in [-0.05, 0) is 30.2 Å². The number of hydrogen-bond acceptors (Lipinski definition) is 4. The summed E-state index contributed by atoms with van der Waals surface area (Å²) in [5, 5.41) is 0. The third-order valence-corrected chi connectivity index (χ3v) is 4.32. The Morgan fingerprint density at radius 3 is 2.60 bits per heavy atom. The minimum Gasteiger partial charge on any atom is -0.489 e. The second kappa shape index (κ2) is 8.03. The minimum atomic E-state index is -0.290. The second-order valence-corrected chi connectivity index (χ2v) is 6.37. The highest BCUT2D eigenvalue weighted by Crippen LogP contribution is 2.21. The zero-order valence-corrected chi connectivity index (χ0v) is 14.4. The molecule has 1 aliphatic rings. The van der Waals surface area contributed by atoms with Crippen LogP contribution in [0.5, 0.6) is 5.75 Å². The highest BCUT2D eigenvalue weighted by Gasteiger charge is 2.28. The molecule has 0 saturated carbocycles. The fourth-order valence-electron chi connectivity index (χ4n) is 2.84. The van der Waals surface area contributed by atoms with Crippen molar-refractivity contribution in [3.63, 3.8) is 0 Å². The van der Waals surface area contributed by atoms with Crippen molar-refractivity contribution in [2.24, 2.45) is 5.73 Å². The zero-order chi connectivity index (χ0) is 17.6. The molecule has 2 aromatic carbocycles. The highest BCUT2D eigenvalue weighted by molar-refractivity contribution is 5.68. The van der Waals surface area contributed by atoms with Crippen LogP contribution >= 0.6 is 0 Å². The van der Waals surface area contributed by atoms with Gasteiger partial charge >= 0.3 is 6.09 Å². The van der Waals surface area contributed by atoms with Gasteiger partial charge in [-0.3, -0.25) is 0 Å². The van der Waals surface area contributed by atoms with E-state index in [-0.39, 0.29) is 18.2 Å². The van der Waals surface area contributed by atoms with E-state index in [2.05, 4.69) is 0 Å². The number of nitrogens with two attached hydrogens (primary N) is 1. The molecule has 25 heavy (non-hydrogen) atoms. The molecule has 2 aromatic rings. The van der Waals surface area contributed by atoms with Gasteiger partial charge in [0.1, 0.15) is 18.5 Å². The van der Waals surface area contributed by atoms with Crippen molar-refractivity contribution in [1.82, 2.24) is 4.90 Å². The lowest BCUT2D eigenvalue weighted by Crippen LogP contribution is -2.31. The van der Waals surface area contributed by atoms with Gasteiger partial charge in [0.05, 0.1) is 6.54 Å². The average molecular weight is 340 g/mol. The summed E-state index contributed by atoms with van der Waals surface area (Å²) in [5.74, 6) is 0.800. The SMILES string of the molecule is C[C@H](N)c1ccc(OC2CCN(C(=O)OCc3ccccc3)C2)cc1. The Morgan fingerprint density at radius 2 is 1.92 bits per heavy atom. The predicted molar refractivity (Wildman–Crippen MR) is 96.3 cm³/mol. The predicted octanol–water partition coefficient (Wildman–Crippen LogP) is 3.50. The molecule has 0 radical (unpaired) electrons. The summed E-state index contributed by atoms with van der Waals surface area (Å²) in [5.41, 5.74) is 7.91. The van der Waals surface area contributed by atoms with E-state index >= 15 is 0 Å². The molecule has 2 atom stereocenters. The topological polar surface area (TPSA) is 64.8 Å². The molecule has 1 fully saturated rings. The van der Waals surface area contributed by atoms with E-state index < -0.39 is 0 Å². The van der Waals surface area contributed by atoms with Gasteiger partial charge in [-0.15, -0.1) is 0 Å². The second-order valence-electron chi connectivity index (χ2n) is 6.37. The molecule has 3 rings (SSSR count). The lowest BCUT2D eigenvalue weighted by molar-refractivity contribution is 0.0991. The Kier molecular flexibility index (Phi) is 5.56. The molecule has 1 unspecified atom stereocenters. The third kappa shape index (κ3) is 4.73. The van der Waals surface area contributed by atoms with Gasteiger partial charge < -0.3 is 20.1 Å². The Morgan fingerprint density at radius 1 is 1.20 bits per heavy atom. The molecule has 2 N–H and O–H groups in total. The quantitative estimate of drug-likeness (QED) is 0.905. The molecule has 0 bridgehead atoms. The Bertz CT molecular complexity index is 686. The van der Waals surface area contributed by atoms with Crippen LogP contribution in [0.3, 0.4) is 0 Å². The molecule has 1 heterocycles. The number of carbonyl (C=O) groups is 1. The fourth-order valence-corrected chi connectivity index (χ4v) is 2.84. The molecular formula is C20H24N2O3. The van der Waals surface area contributed by atoms with E-state index in [4.69, 9.17) is 15.2 Å². The van der Waals surface area contributed by atoms with Crippen LogP contribution in [0.2, 0.25) is 0 Å². The van der Waals surface area contributed by atoms with Crippen LogP contribution in [0.25, 0.3) is 0 Å². The van der Waals surface area contributed by atoms with Crippen LogP contribution in [0.4, 0.5) is 4.79 Å². The molecule has 1 amide bonds. The standard InChI is InChI=1S/C20H24N2O3/c1-15(21)17-7-9-18(10-8-17)25-19-11-12-22(13-19)20(23)24-14-16-5-3-2-4-6-16/h2-10,15,19H,11-14,21H2,1H3/t15-,19?/m0/s1. The number of likely N-dealkylation sites (tertiary alicyclic amines) is 1. The molecule has 132 valence electrons. The maximum atomic E-state index is 12.2. The molecule has 0 aliphatic carbocycles. The Hall–Kier alpha value is -2.53. The summed E-state index contributed by atoms with van der Waals surface area (Å²) < 4.78 is 11.3. The molecule has 1 saturated heterocycles. The van der Waals surface area contributed by atoms with Gasteiger partial charge in [-0.1, -0.05) is 42.5 Å². The van der Waals surface area contributed by atoms with Crippen molar-refractivity contribution in [2.45, 2.75) is 32.1 Å². The van der Waals surface area contributed by atoms with Crippen LogP contribution in [-0.4, -0.2) is 30.2 Å². The first-order valence-electron chi connectivity index (χ1n) is 8.59. The average Bonchev–Trinajstić information content (AvgIpc) is 3.09. The minimum absolute atomic E-state index is 0.00887. The molecule has 0 spiro atoms. The fraction of sp³-hybridized carbons (Fsp3) is 0.350. The molecular weight excluding hydrogens is 316 g/mol. The van der Waals surface area contributed by atoms with Gasteiger partial charge in [0, 0.05) is 19.0 Å². The van der Waals surface area contributed by atoms with Crippen LogP contribution in [0.15, 0.2) is 54.6 Å². The van der Waals surface area contributed by atoms with Gasteiger partial charge in [0.15, 0.2) is 0 Å². The normalized spacial score (nSPS) is 18.0. The van der Waals surface area contributed by atoms with Crippen molar-refractivity contribution < 1.29 is 14.3 Å². The van der Waals surface area contributed by atoms with Crippen LogP contribution in [-0.2, 0) is 11.3 Å². The summed E-state index contributed by atoms with van der Waals surface area (Å²) in [6, 6.07) is 17.5. The number of carbonyl (C=O) groups excluding carboxylic acids is 1. The third-order valence-electron chi connectivity index (χ3n) is 4.32. The van der Waals surface area contributed by atoms with Gasteiger partial charge in [0.2, 0.25) is 0 Å². The van der Waals surface area contributed by atoms with Crippen molar-refractivity contribution >= 4 is 6.09 Å². The zero-order valence-electron chi connectivity index (χ0n) is 14.4. The lowest BCUT2D eigenvalue weighted by Gasteiger charge is -2.17. The monoisotopic (exact) mass is 340 g/mol. The van der Waals surface area contributed by atoms with E-state index in [1.807, 2.05) is 61.5 Å². The maximum absolute atomic E-state index is 12.2. The van der Waals surface area contributed by atoms with Crippen molar-refractivity contribution in [3.05, 3.63) is 65.7 Å². The number of rotatable bonds is 5. The summed E-state index contributed by atoms with van der Waals surface area (Å²) in [7, 11) is 0. The van der Waals surface area contributed by atoms with Crippen molar-refractivity contribution in [2.75, 3.05) is 13.1 Å². The van der Waals surface area contributed by atoms with E-state index in [1.165, 1.54) is 0 Å². The van der Waals surface area contributed by atoms with Crippen LogP contribution in [0, 0.1) is 0 Å². The largest absolute Gasteiger partial charge is 0.489 e. The Balaban J connectivity index is 1.47. The highest BCUT2D eigenvalue weighted by atomic mass is 16.6. The van der Waals surface area contributed by atoms with Gasteiger partial charge in [-0.2, -0.15) is 0 Å². The number of amides is 1. The first-order valence-corrected chi connectivity index (χ1v) is 8.59. The summed E-state index contributed by atoms with van der Waals surface area (Å²) in [4.78, 5) is 13.9. The molecule has 5 nitrogen and oxygen atoms in total. The van der Waals surface area contributed by atoms with Crippen molar-refractivity contribution in [3.8, 4) is 5.75 Å². The van der Waals surface area contributed by atoms with E-state index in [0.29, 0.717) is 19.7 Å². The van der Waals surface area contributed by atoms with E-state index in [0.717, 1.165) is 23.3 Å². The summed E-state index contributed by atoms with van der Waals surface area (Å²) >= 11 is 0. The van der Waals surface area contributed by atoms with Gasteiger partial charge in [0.25, 0.3) is 0 Å². The summed E-state index contributed by atoms with van der Waals surface area (Å²) in [6.07, 6.45) is 0.503. The first-order chi connectivity index (χ1) is 12.1. The number of ether oxygens (including phenoxy) is 2. The van der Waals surface area contributed by atoms with E-state index in [1.54, 1.807) is 4.90 Å². The number of nitrogens with zero attached hydrogens (tertiary/aromatic N) is 1. The van der Waals surface area contributed by atoms with E-state index in [9.17, 15) is 4.79 Å². The maximum Gasteiger partial charge on any atom is 0.410 e.